The normalized spacial score (nSPS) is 12.0. The molecule has 0 unspecified atom stereocenters. The predicted molar refractivity (Wildman–Crippen MR) is 104 cm³/mol. The van der Waals surface area contributed by atoms with Gasteiger partial charge in [-0.25, -0.2) is 18.1 Å². The topological polar surface area (TPSA) is 97.4 Å². The summed E-state index contributed by atoms with van der Waals surface area (Å²) in [5, 5.41) is 2.77. The molecule has 8 heteroatoms. The molecular formula is C18H31N3O4S. The first-order valence-electron chi connectivity index (χ1n) is 9.03. The lowest BCUT2D eigenvalue weighted by atomic mass is 10.2. The molecule has 0 saturated carbocycles. The lowest BCUT2D eigenvalue weighted by Crippen LogP contribution is -2.39. The number of rotatable bonds is 11. The first kappa shape index (κ1) is 22.4. The third-order valence-corrected chi connectivity index (χ3v) is 5.89. The standard InChI is InChI=1S/C18H31N3O4S/c1-5-6-13-25-17-11-10-15(14-19-17)21-16(22)9-7-8-12-20-26(23,24)18(2,3)4/h10-11,14,20H,5-9,12-13H2,1-4H3,(H,21,22). The number of pyridine rings is 1. The summed E-state index contributed by atoms with van der Waals surface area (Å²) in [5.41, 5.74) is 0.617. The molecule has 1 aromatic rings. The molecule has 0 fully saturated rings. The van der Waals surface area contributed by atoms with Crippen molar-refractivity contribution in [3.8, 4) is 5.88 Å². The SMILES string of the molecule is CCCCOc1ccc(NC(=O)CCCCNS(=O)(=O)C(C)(C)C)cn1. The molecule has 0 aromatic carbocycles. The number of nitrogens with one attached hydrogen (secondary N) is 2. The smallest absolute Gasteiger partial charge is 0.224 e. The summed E-state index contributed by atoms with van der Waals surface area (Å²) in [7, 11) is -3.33. The van der Waals surface area contributed by atoms with Gasteiger partial charge in [0.05, 0.1) is 23.2 Å². The molecule has 2 N–H and O–H groups in total. The predicted octanol–water partition coefficient (Wildman–Crippen LogP) is 3.09. The van der Waals surface area contributed by atoms with Crippen LogP contribution in [0.5, 0.6) is 5.88 Å². The average molecular weight is 386 g/mol. The van der Waals surface area contributed by atoms with Crippen LogP contribution in [-0.4, -0.2) is 37.2 Å². The third-order valence-electron chi connectivity index (χ3n) is 3.70. The van der Waals surface area contributed by atoms with Gasteiger partial charge < -0.3 is 10.1 Å². The lowest BCUT2D eigenvalue weighted by Gasteiger charge is -2.19. The molecule has 148 valence electrons. The molecule has 0 aliphatic carbocycles. The van der Waals surface area contributed by atoms with Crippen molar-refractivity contribution in [1.29, 1.82) is 0 Å². The van der Waals surface area contributed by atoms with Crippen LogP contribution in [0.25, 0.3) is 0 Å². The quantitative estimate of drug-likeness (QED) is 0.571. The Hall–Kier alpha value is -1.67. The van der Waals surface area contributed by atoms with Gasteiger partial charge in [0.25, 0.3) is 0 Å². The number of sulfonamides is 1. The zero-order chi connectivity index (χ0) is 19.6. The monoisotopic (exact) mass is 385 g/mol. The maximum Gasteiger partial charge on any atom is 0.224 e. The maximum absolute atomic E-state index is 11.9. The van der Waals surface area contributed by atoms with Crippen LogP contribution in [0.2, 0.25) is 0 Å². The van der Waals surface area contributed by atoms with E-state index in [9.17, 15) is 13.2 Å². The number of hydrogen-bond donors (Lipinski definition) is 2. The minimum atomic E-state index is -3.33. The molecule has 1 heterocycles. The molecular weight excluding hydrogens is 354 g/mol. The molecule has 1 amide bonds. The van der Waals surface area contributed by atoms with E-state index in [2.05, 4.69) is 21.9 Å². The molecule has 0 radical (unpaired) electrons. The van der Waals surface area contributed by atoms with Crippen LogP contribution in [0.4, 0.5) is 5.69 Å². The molecule has 26 heavy (non-hydrogen) atoms. The zero-order valence-corrected chi connectivity index (χ0v) is 17.0. The molecule has 1 aromatic heterocycles. The van der Waals surface area contributed by atoms with Crippen molar-refractivity contribution in [2.75, 3.05) is 18.5 Å². The van der Waals surface area contributed by atoms with Gasteiger partial charge >= 0.3 is 0 Å². The number of ether oxygens (including phenoxy) is 1. The highest BCUT2D eigenvalue weighted by atomic mass is 32.2. The maximum atomic E-state index is 11.9. The second-order valence-corrected chi connectivity index (χ2v) is 9.62. The summed E-state index contributed by atoms with van der Waals surface area (Å²) in [5.74, 6) is 0.424. The molecule has 7 nitrogen and oxygen atoms in total. The second-order valence-electron chi connectivity index (χ2n) is 7.10. The summed E-state index contributed by atoms with van der Waals surface area (Å²) in [4.78, 5) is 16.1. The Kier molecular flexibility index (Phi) is 9.01. The summed E-state index contributed by atoms with van der Waals surface area (Å²) in [6, 6.07) is 3.48. The summed E-state index contributed by atoms with van der Waals surface area (Å²) >= 11 is 0. The highest BCUT2D eigenvalue weighted by Gasteiger charge is 2.27. The average Bonchev–Trinajstić information content (AvgIpc) is 2.55. The third kappa shape index (κ3) is 8.14. The van der Waals surface area contributed by atoms with Crippen molar-refractivity contribution in [3.05, 3.63) is 18.3 Å². The van der Waals surface area contributed by atoms with Crippen LogP contribution in [0.15, 0.2) is 18.3 Å². The van der Waals surface area contributed by atoms with Crippen molar-refractivity contribution < 1.29 is 17.9 Å². The van der Waals surface area contributed by atoms with Crippen molar-refractivity contribution in [1.82, 2.24) is 9.71 Å². The number of aromatic nitrogens is 1. The van der Waals surface area contributed by atoms with Crippen LogP contribution in [0, 0.1) is 0 Å². The Bertz CT molecular complexity index is 652. The van der Waals surface area contributed by atoms with Gasteiger partial charge in [-0.1, -0.05) is 13.3 Å². The van der Waals surface area contributed by atoms with E-state index in [1.165, 1.54) is 0 Å². The molecule has 0 atom stereocenters. The fourth-order valence-corrected chi connectivity index (χ4v) is 2.76. The van der Waals surface area contributed by atoms with Crippen LogP contribution in [0.3, 0.4) is 0 Å². The van der Waals surface area contributed by atoms with Gasteiger partial charge in [-0.2, -0.15) is 0 Å². The van der Waals surface area contributed by atoms with Crippen LogP contribution in [0.1, 0.15) is 59.8 Å². The van der Waals surface area contributed by atoms with Crippen molar-refractivity contribution in [2.45, 2.75) is 64.5 Å². The van der Waals surface area contributed by atoms with E-state index in [1.807, 2.05) is 0 Å². The van der Waals surface area contributed by atoms with E-state index in [0.717, 1.165) is 12.8 Å². The zero-order valence-electron chi connectivity index (χ0n) is 16.2. The van der Waals surface area contributed by atoms with E-state index in [-0.39, 0.29) is 5.91 Å². The number of carbonyl (C=O) groups is 1. The Morgan fingerprint density at radius 3 is 2.50 bits per heavy atom. The van der Waals surface area contributed by atoms with Crippen LogP contribution >= 0.6 is 0 Å². The van der Waals surface area contributed by atoms with E-state index in [4.69, 9.17) is 4.74 Å². The largest absolute Gasteiger partial charge is 0.478 e. The number of hydrogen-bond acceptors (Lipinski definition) is 5. The van der Waals surface area contributed by atoms with Gasteiger partial charge in [-0.15, -0.1) is 0 Å². The summed E-state index contributed by atoms with van der Waals surface area (Å²) in [6.45, 7) is 8.01. The highest BCUT2D eigenvalue weighted by Crippen LogP contribution is 2.14. The minimum absolute atomic E-state index is 0.120. The Morgan fingerprint density at radius 1 is 1.19 bits per heavy atom. The van der Waals surface area contributed by atoms with Crippen LogP contribution in [-0.2, 0) is 14.8 Å². The number of unbranched alkanes of at least 4 members (excludes halogenated alkanes) is 2. The van der Waals surface area contributed by atoms with Crippen LogP contribution < -0.4 is 14.8 Å². The Balaban J connectivity index is 2.26. The number of carbonyl (C=O) groups excluding carboxylic acids is 1. The van der Waals surface area contributed by atoms with E-state index < -0.39 is 14.8 Å². The fraction of sp³-hybridized carbons (Fsp3) is 0.667. The molecule has 0 aliphatic rings. The molecule has 0 bridgehead atoms. The van der Waals surface area contributed by atoms with Crippen molar-refractivity contribution >= 4 is 21.6 Å². The van der Waals surface area contributed by atoms with Gasteiger partial charge in [-0.05, 0) is 46.1 Å². The minimum Gasteiger partial charge on any atom is -0.478 e. The molecule has 0 aliphatic heterocycles. The van der Waals surface area contributed by atoms with Gasteiger partial charge in [-0.3, -0.25) is 4.79 Å². The first-order chi connectivity index (χ1) is 12.2. The summed E-state index contributed by atoms with van der Waals surface area (Å²) < 4.78 is 31.0. The number of amides is 1. The highest BCUT2D eigenvalue weighted by molar-refractivity contribution is 7.90. The first-order valence-corrected chi connectivity index (χ1v) is 10.5. The fourth-order valence-electron chi connectivity index (χ4n) is 1.92. The van der Waals surface area contributed by atoms with Crippen molar-refractivity contribution in [2.24, 2.45) is 0 Å². The molecule has 0 spiro atoms. The van der Waals surface area contributed by atoms with Gasteiger partial charge in [0.2, 0.25) is 21.8 Å². The summed E-state index contributed by atoms with van der Waals surface area (Å²) in [6.07, 6.45) is 5.13. The van der Waals surface area contributed by atoms with Gasteiger partial charge in [0.1, 0.15) is 0 Å². The van der Waals surface area contributed by atoms with Crippen molar-refractivity contribution in [3.63, 3.8) is 0 Å². The Labute approximate surface area is 157 Å². The number of nitrogens with zero attached hydrogens (tertiary/aromatic N) is 1. The van der Waals surface area contributed by atoms with Gasteiger partial charge in [0, 0.05) is 19.0 Å². The second kappa shape index (κ2) is 10.5. The van der Waals surface area contributed by atoms with E-state index in [1.54, 1.807) is 39.1 Å². The number of anilines is 1. The van der Waals surface area contributed by atoms with E-state index in [0.29, 0.717) is 44.0 Å². The van der Waals surface area contributed by atoms with E-state index >= 15 is 0 Å². The molecule has 1 rings (SSSR count). The van der Waals surface area contributed by atoms with Gasteiger partial charge in [0.15, 0.2) is 0 Å². The molecule has 0 saturated heterocycles. The lowest BCUT2D eigenvalue weighted by molar-refractivity contribution is -0.116. The Morgan fingerprint density at radius 2 is 1.92 bits per heavy atom.